The van der Waals surface area contributed by atoms with Gasteiger partial charge in [0.15, 0.2) is 5.69 Å². The highest BCUT2D eigenvalue weighted by Crippen LogP contribution is 2.33. The number of aromatic nitrogens is 2. The van der Waals surface area contributed by atoms with Crippen LogP contribution in [0.2, 0.25) is 10.0 Å². The summed E-state index contributed by atoms with van der Waals surface area (Å²) < 4.78 is 0. The Kier molecular flexibility index (Phi) is 8.00. The van der Waals surface area contributed by atoms with E-state index in [-0.39, 0.29) is 5.91 Å². The zero-order chi connectivity index (χ0) is 24.9. The van der Waals surface area contributed by atoms with Crippen LogP contribution in [0.5, 0.6) is 0 Å². The topological polar surface area (TPSA) is 58.1 Å². The third-order valence-corrected chi connectivity index (χ3v) is 7.33. The van der Waals surface area contributed by atoms with Crippen molar-refractivity contribution in [1.82, 2.24) is 20.4 Å². The molecule has 186 valence electrons. The molecular formula is C29H30Cl2N4O. The van der Waals surface area contributed by atoms with Gasteiger partial charge in [-0.25, -0.2) is 15.0 Å². The molecule has 2 heterocycles. The van der Waals surface area contributed by atoms with Crippen LogP contribution in [-0.4, -0.2) is 34.0 Å². The predicted molar refractivity (Wildman–Crippen MR) is 147 cm³/mol. The fourth-order valence-corrected chi connectivity index (χ4v) is 5.13. The van der Waals surface area contributed by atoms with Crippen LogP contribution in [0.3, 0.4) is 0 Å². The number of hydrazine groups is 1. The maximum absolute atomic E-state index is 13.6. The Balaban J connectivity index is 1.65. The van der Waals surface area contributed by atoms with Crippen molar-refractivity contribution in [3.05, 3.63) is 75.5 Å². The minimum Gasteiger partial charge on any atom is -0.283 e. The molecule has 0 spiro atoms. The molecule has 1 aliphatic carbocycles. The van der Waals surface area contributed by atoms with E-state index in [9.17, 15) is 4.79 Å². The lowest BCUT2D eigenvalue weighted by molar-refractivity contribution is 0.0744. The molecule has 2 aromatic carbocycles. The highest BCUT2D eigenvalue weighted by molar-refractivity contribution is 6.31. The molecule has 2 fully saturated rings. The number of carbonyl (C=O) groups is 1. The fraction of sp³-hybridized carbons (Fsp3) is 0.345. The zero-order valence-electron chi connectivity index (χ0n) is 20.3. The average molecular weight is 521 g/mol. The van der Waals surface area contributed by atoms with Gasteiger partial charge in [-0.05, 0) is 68.9 Å². The molecule has 1 amide bonds. The number of piperidine rings is 1. The van der Waals surface area contributed by atoms with E-state index in [0.717, 1.165) is 49.9 Å². The molecule has 0 unspecified atom stereocenters. The van der Waals surface area contributed by atoms with Crippen molar-refractivity contribution in [3.8, 4) is 22.5 Å². The summed E-state index contributed by atoms with van der Waals surface area (Å²) >= 11 is 12.3. The predicted octanol–water partition coefficient (Wildman–Crippen LogP) is 7.60. The Hall–Kier alpha value is -2.73. The second-order valence-corrected chi connectivity index (χ2v) is 10.4. The van der Waals surface area contributed by atoms with Crippen LogP contribution in [-0.2, 0) is 0 Å². The second kappa shape index (κ2) is 11.5. The van der Waals surface area contributed by atoms with E-state index in [0.29, 0.717) is 32.8 Å². The van der Waals surface area contributed by atoms with Crippen molar-refractivity contribution in [1.29, 1.82) is 0 Å². The highest BCUT2D eigenvalue weighted by atomic mass is 35.5. The number of allylic oxidation sites excluding steroid dienone is 1. The molecule has 3 aromatic rings. The molecule has 1 aliphatic heterocycles. The molecule has 0 atom stereocenters. The van der Waals surface area contributed by atoms with Crippen LogP contribution in [0.1, 0.15) is 67.5 Å². The number of hydrogen-bond donors (Lipinski definition) is 1. The Morgan fingerprint density at radius 2 is 1.28 bits per heavy atom. The van der Waals surface area contributed by atoms with Crippen molar-refractivity contribution < 1.29 is 4.79 Å². The van der Waals surface area contributed by atoms with Crippen LogP contribution in [0, 0.1) is 0 Å². The minimum absolute atomic E-state index is 0.218. The highest BCUT2D eigenvalue weighted by Gasteiger charge is 2.23. The lowest BCUT2D eigenvalue weighted by Gasteiger charge is -2.27. The van der Waals surface area contributed by atoms with E-state index in [1.165, 1.54) is 31.3 Å². The molecule has 5 nitrogen and oxygen atoms in total. The summed E-state index contributed by atoms with van der Waals surface area (Å²) in [4.78, 5) is 23.6. The normalized spacial score (nSPS) is 16.6. The molecule has 2 aliphatic rings. The number of amides is 1. The van der Waals surface area contributed by atoms with Gasteiger partial charge in [-0.2, -0.15) is 0 Å². The summed E-state index contributed by atoms with van der Waals surface area (Å²) in [5.41, 5.74) is 8.47. The lowest BCUT2D eigenvalue weighted by atomic mass is 9.93. The fourth-order valence-electron chi connectivity index (χ4n) is 4.88. The van der Waals surface area contributed by atoms with Gasteiger partial charge >= 0.3 is 0 Å². The number of halogens is 2. The van der Waals surface area contributed by atoms with Gasteiger partial charge in [-0.3, -0.25) is 10.2 Å². The van der Waals surface area contributed by atoms with E-state index >= 15 is 0 Å². The maximum Gasteiger partial charge on any atom is 0.286 e. The van der Waals surface area contributed by atoms with E-state index in [1.54, 1.807) is 0 Å². The first kappa shape index (κ1) is 24.9. The van der Waals surface area contributed by atoms with Crippen molar-refractivity contribution >= 4 is 35.2 Å². The van der Waals surface area contributed by atoms with Crippen LogP contribution in [0.15, 0.2) is 54.1 Å². The van der Waals surface area contributed by atoms with Crippen LogP contribution >= 0.6 is 23.2 Å². The van der Waals surface area contributed by atoms with Crippen LogP contribution < -0.4 is 5.43 Å². The largest absolute Gasteiger partial charge is 0.286 e. The summed E-state index contributed by atoms with van der Waals surface area (Å²) in [7, 11) is 0. The maximum atomic E-state index is 13.6. The SMILES string of the molecule is O=C(NN1CCCCC1)c1nc(-c2ccc(Cl)cc2)c(-c2ccc(Cl)cc2)nc1C=C1CCCCC1. The number of rotatable bonds is 5. The van der Waals surface area contributed by atoms with E-state index in [1.807, 2.05) is 53.5 Å². The average Bonchev–Trinajstić information content (AvgIpc) is 2.91. The first-order chi connectivity index (χ1) is 17.6. The molecule has 1 saturated heterocycles. The number of hydrogen-bond acceptors (Lipinski definition) is 4. The zero-order valence-corrected chi connectivity index (χ0v) is 21.8. The van der Waals surface area contributed by atoms with E-state index in [2.05, 4.69) is 11.5 Å². The third kappa shape index (κ3) is 5.97. The van der Waals surface area contributed by atoms with Gasteiger partial charge in [0.1, 0.15) is 0 Å². The molecular weight excluding hydrogens is 491 g/mol. The smallest absolute Gasteiger partial charge is 0.283 e. The van der Waals surface area contributed by atoms with Gasteiger partial charge in [0, 0.05) is 34.3 Å². The Morgan fingerprint density at radius 3 is 1.86 bits per heavy atom. The number of benzene rings is 2. The molecule has 1 saturated carbocycles. The lowest BCUT2D eigenvalue weighted by Crippen LogP contribution is -2.45. The second-order valence-electron chi connectivity index (χ2n) is 9.52. The van der Waals surface area contributed by atoms with Gasteiger partial charge in [-0.15, -0.1) is 0 Å². The molecule has 1 N–H and O–H groups in total. The van der Waals surface area contributed by atoms with Gasteiger partial charge in [0.25, 0.3) is 5.91 Å². The monoisotopic (exact) mass is 520 g/mol. The number of nitrogens with one attached hydrogen (secondary N) is 1. The van der Waals surface area contributed by atoms with Crippen molar-refractivity contribution in [2.24, 2.45) is 0 Å². The molecule has 36 heavy (non-hydrogen) atoms. The van der Waals surface area contributed by atoms with E-state index < -0.39 is 0 Å². The van der Waals surface area contributed by atoms with Gasteiger partial charge in [-0.1, -0.05) is 65.9 Å². The minimum atomic E-state index is -0.218. The van der Waals surface area contributed by atoms with Crippen molar-refractivity contribution in [2.75, 3.05) is 13.1 Å². The molecule has 0 radical (unpaired) electrons. The Labute approximate surface area is 222 Å². The van der Waals surface area contributed by atoms with Crippen molar-refractivity contribution in [3.63, 3.8) is 0 Å². The van der Waals surface area contributed by atoms with Gasteiger partial charge < -0.3 is 0 Å². The standard InChI is InChI=1S/C29H30Cl2N4O/c30-23-13-9-21(10-14-23)26-27(22-11-15-24(31)16-12-22)33-28(29(36)34-35-17-5-2-6-18-35)25(32-26)19-20-7-3-1-4-8-20/h9-16,19H,1-8,17-18H2,(H,34,36). The summed E-state index contributed by atoms with van der Waals surface area (Å²) in [5, 5.41) is 3.29. The quantitative estimate of drug-likeness (QED) is 0.376. The molecule has 7 heteroatoms. The molecule has 5 rings (SSSR count). The third-order valence-electron chi connectivity index (χ3n) is 6.83. The molecule has 0 bridgehead atoms. The Bertz CT molecular complexity index is 1240. The molecule has 1 aromatic heterocycles. The van der Waals surface area contributed by atoms with E-state index in [4.69, 9.17) is 33.2 Å². The first-order valence-electron chi connectivity index (χ1n) is 12.8. The summed E-state index contributed by atoms with van der Waals surface area (Å²) in [6, 6.07) is 15.1. The van der Waals surface area contributed by atoms with Crippen LogP contribution in [0.25, 0.3) is 28.6 Å². The summed E-state index contributed by atoms with van der Waals surface area (Å²) in [6.45, 7) is 1.70. The number of nitrogens with zero attached hydrogens (tertiary/aromatic N) is 3. The summed E-state index contributed by atoms with van der Waals surface area (Å²) in [6.07, 6.45) is 11.1. The van der Waals surface area contributed by atoms with Crippen LogP contribution in [0.4, 0.5) is 0 Å². The van der Waals surface area contributed by atoms with Gasteiger partial charge in [0.05, 0.1) is 17.1 Å². The first-order valence-corrected chi connectivity index (χ1v) is 13.5. The Morgan fingerprint density at radius 1 is 0.750 bits per heavy atom. The summed E-state index contributed by atoms with van der Waals surface area (Å²) in [5.74, 6) is -0.218. The van der Waals surface area contributed by atoms with Crippen molar-refractivity contribution in [2.45, 2.75) is 51.4 Å². The van der Waals surface area contributed by atoms with Gasteiger partial charge in [0.2, 0.25) is 0 Å². The number of carbonyl (C=O) groups excluding carboxylic acids is 1.